The molecule has 1 aliphatic rings. The fourth-order valence-electron chi connectivity index (χ4n) is 4.08. The molecule has 0 radical (unpaired) electrons. The van der Waals surface area contributed by atoms with Crippen molar-refractivity contribution in [1.29, 1.82) is 0 Å². The van der Waals surface area contributed by atoms with E-state index in [9.17, 15) is 0 Å². The first-order valence-corrected chi connectivity index (χ1v) is 9.56. The Morgan fingerprint density at radius 2 is 1.38 bits per heavy atom. The van der Waals surface area contributed by atoms with Gasteiger partial charge in [-0.3, -0.25) is 0 Å². The van der Waals surface area contributed by atoms with Gasteiger partial charge in [0.05, 0.1) is 0 Å². The van der Waals surface area contributed by atoms with Crippen LogP contribution in [-0.4, -0.2) is 30.6 Å². The number of likely N-dealkylation sites (N-methyl/N-ethyl adjacent to an activating group) is 1. The van der Waals surface area contributed by atoms with Crippen LogP contribution < -0.4 is 5.73 Å². The van der Waals surface area contributed by atoms with E-state index in [1.54, 1.807) is 0 Å². The van der Waals surface area contributed by atoms with Gasteiger partial charge >= 0.3 is 0 Å². The van der Waals surface area contributed by atoms with Crippen LogP contribution in [0.25, 0.3) is 0 Å². The lowest BCUT2D eigenvalue weighted by atomic mass is 9.79. The molecule has 1 saturated carbocycles. The Kier molecular flexibility index (Phi) is 9.59. The normalized spacial score (nSPS) is 20.4. The average molecular weight is 297 g/mol. The van der Waals surface area contributed by atoms with Crippen LogP contribution in [0.5, 0.6) is 0 Å². The predicted molar refractivity (Wildman–Crippen MR) is 94.7 cm³/mol. The first-order chi connectivity index (χ1) is 10.1. The molecule has 0 spiro atoms. The van der Waals surface area contributed by atoms with Crippen molar-refractivity contribution >= 4 is 0 Å². The number of hydrogen-bond acceptors (Lipinski definition) is 2. The largest absolute Gasteiger partial charge is 0.326 e. The zero-order chi connectivity index (χ0) is 15.6. The van der Waals surface area contributed by atoms with Gasteiger partial charge in [0.25, 0.3) is 0 Å². The smallest absolute Gasteiger partial charge is 0.0354 e. The van der Waals surface area contributed by atoms with Gasteiger partial charge in [0.2, 0.25) is 0 Å². The molecule has 0 amide bonds. The quantitative estimate of drug-likeness (QED) is 0.448. The van der Waals surface area contributed by atoms with Gasteiger partial charge in [0.15, 0.2) is 0 Å². The summed E-state index contributed by atoms with van der Waals surface area (Å²) in [5.74, 6) is 0. The summed E-state index contributed by atoms with van der Waals surface area (Å²) in [6, 6.07) is 0.362. The van der Waals surface area contributed by atoms with Crippen LogP contribution in [0.1, 0.15) is 96.8 Å². The summed E-state index contributed by atoms with van der Waals surface area (Å²) in [5, 5.41) is 0. The molecule has 0 saturated heterocycles. The van der Waals surface area contributed by atoms with Crippen molar-refractivity contribution in [1.82, 2.24) is 4.90 Å². The lowest BCUT2D eigenvalue weighted by Gasteiger charge is -2.44. The van der Waals surface area contributed by atoms with E-state index < -0.39 is 0 Å². The molecule has 1 unspecified atom stereocenters. The number of nitrogens with two attached hydrogens (primary N) is 1. The minimum absolute atomic E-state index is 0.276. The van der Waals surface area contributed by atoms with Gasteiger partial charge in [0.1, 0.15) is 0 Å². The second-order valence-corrected chi connectivity index (χ2v) is 7.43. The van der Waals surface area contributed by atoms with Gasteiger partial charge < -0.3 is 10.6 Å². The summed E-state index contributed by atoms with van der Waals surface area (Å²) in [6.07, 6.45) is 19.0. The third kappa shape index (κ3) is 6.28. The summed E-state index contributed by atoms with van der Waals surface area (Å²) in [7, 11) is 4.49. The summed E-state index contributed by atoms with van der Waals surface area (Å²) in [5.41, 5.74) is 6.95. The van der Waals surface area contributed by atoms with E-state index in [4.69, 9.17) is 5.73 Å². The van der Waals surface area contributed by atoms with E-state index >= 15 is 0 Å². The number of hydrogen-bond donors (Lipinski definition) is 1. The van der Waals surface area contributed by atoms with E-state index in [0.29, 0.717) is 6.04 Å². The van der Waals surface area contributed by atoms with Gasteiger partial charge in [-0.25, -0.2) is 0 Å². The molecule has 21 heavy (non-hydrogen) atoms. The highest BCUT2D eigenvalue weighted by molar-refractivity contribution is 4.98. The van der Waals surface area contributed by atoms with E-state index in [-0.39, 0.29) is 5.54 Å². The minimum atomic E-state index is 0.276. The number of unbranched alkanes of at least 4 members (excludes halogenated alkanes) is 6. The fraction of sp³-hybridized carbons (Fsp3) is 1.00. The van der Waals surface area contributed by atoms with Crippen LogP contribution in [0.3, 0.4) is 0 Å². The average Bonchev–Trinajstić information content (AvgIpc) is 2.73. The van der Waals surface area contributed by atoms with Crippen molar-refractivity contribution in [2.75, 3.05) is 14.1 Å². The molecule has 2 nitrogen and oxygen atoms in total. The Morgan fingerprint density at radius 3 is 1.90 bits per heavy atom. The van der Waals surface area contributed by atoms with Gasteiger partial charge in [-0.05, 0) is 33.4 Å². The monoisotopic (exact) mass is 296 g/mol. The van der Waals surface area contributed by atoms with Crippen molar-refractivity contribution in [3.63, 3.8) is 0 Å². The van der Waals surface area contributed by atoms with Crippen molar-refractivity contribution in [3.05, 3.63) is 0 Å². The van der Waals surface area contributed by atoms with Crippen LogP contribution in [0.4, 0.5) is 0 Å². The van der Waals surface area contributed by atoms with Crippen molar-refractivity contribution in [3.8, 4) is 0 Å². The third-order valence-corrected chi connectivity index (χ3v) is 5.67. The maximum Gasteiger partial charge on any atom is 0.0354 e. The van der Waals surface area contributed by atoms with Crippen LogP contribution >= 0.6 is 0 Å². The molecule has 0 aromatic carbocycles. The maximum atomic E-state index is 6.67. The Balaban J connectivity index is 2.31. The summed E-state index contributed by atoms with van der Waals surface area (Å²) < 4.78 is 0. The van der Waals surface area contributed by atoms with E-state index in [1.165, 1.54) is 89.9 Å². The molecule has 1 atom stereocenters. The topological polar surface area (TPSA) is 29.3 Å². The SMILES string of the molecule is CCCCCCCCCC(N)C1(N(C)C)CCCCCC1. The van der Waals surface area contributed by atoms with Crippen molar-refractivity contribution < 1.29 is 0 Å². The lowest BCUT2D eigenvalue weighted by Crippen LogP contribution is -2.57. The molecule has 2 heteroatoms. The molecule has 0 heterocycles. The standard InChI is InChI=1S/C19H40N2/c1-4-5-6-7-8-9-12-15-18(20)19(21(2)3)16-13-10-11-14-17-19/h18H,4-17,20H2,1-3H3. The first kappa shape index (κ1) is 19.0. The number of nitrogens with zero attached hydrogens (tertiary/aromatic N) is 1. The first-order valence-electron chi connectivity index (χ1n) is 9.56. The molecule has 0 aliphatic heterocycles. The molecule has 1 fully saturated rings. The second-order valence-electron chi connectivity index (χ2n) is 7.43. The molecule has 126 valence electrons. The van der Waals surface area contributed by atoms with Crippen LogP contribution in [0, 0.1) is 0 Å². The molecule has 1 rings (SSSR count). The molecule has 2 N–H and O–H groups in total. The van der Waals surface area contributed by atoms with Crippen molar-refractivity contribution in [2.24, 2.45) is 5.73 Å². The highest BCUT2D eigenvalue weighted by Gasteiger charge is 2.38. The molecule has 0 aromatic heterocycles. The molecule has 0 bridgehead atoms. The van der Waals surface area contributed by atoms with E-state index in [1.807, 2.05) is 0 Å². The van der Waals surface area contributed by atoms with Gasteiger partial charge in [-0.2, -0.15) is 0 Å². The van der Waals surface area contributed by atoms with E-state index in [0.717, 1.165) is 0 Å². The second kappa shape index (κ2) is 10.6. The summed E-state index contributed by atoms with van der Waals surface area (Å²) >= 11 is 0. The Hall–Kier alpha value is -0.0800. The van der Waals surface area contributed by atoms with Crippen LogP contribution in [0.2, 0.25) is 0 Å². The van der Waals surface area contributed by atoms with Crippen LogP contribution in [-0.2, 0) is 0 Å². The predicted octanol–water partition coefficient (Wildman–Crippen LogP) is 5.11. The van der Waals surface area contributed by atoms with Gasteiger partial charge in [-0.15, -0.1) is 0 Å². The highest BCUT2D eigenvalue weighted by atomic mass is 15.2. The van der Waals surface area contributed by atoms with E-state index in [2.05, 4.69) is 25.9 Å². The zero-order valence-electron chi connectivity index (χ0n) is 15.0. The molecule has 0 aromatic rings. The summed E-state index contributed by atoms with van der Waals surface area (Å²) in [4.78, 5) is 2.45. The third-order valence-electron chi connectivity index (χ3n) is 5.67. The van der Waals surface area contributed by atoms with Gasteiger partial charge in [0, 0.05) is 11.6 Å². The van der Waals surface area contributed by atoms with Gasteiger partial charge in [-0.1, -0.05) is 77.6 Å². The fourth-order valence-corrected chi connectivity index (χ4v) is 4.08. The Morgan fingerprint density at radius 1 is 0.857 bits per heavy atom. The Labute approximate surface area is 133 Å². The minimum Gasteiger partial charge on any atom is -0.326 e. The Bertz CT molecular complexity index is 242. The molecular weight excluding hydrogens is 256 g/mol. The molecular formula is C19H40N2. The molecule has 1 aliphatic carbocycles. The highest BCUT2D eigenvalue weighted by Crippen LogP contribution is 2.35. The lowest BCUT2D eigenvalue weighted by molar-refractivity contribution is 0.0920. The zero-order valence-corrected chi connectivity index (χ0v) is 15.0. The maximum absolute atomic E-state index is 6.67. The summed E-state index contributed by atoms with van der Waals surface area (Å²) in [6.45, 7) is 2.28. The van der Waals surface area contributed by atoms with Crippen LogP contribution in [0.15, 0.2) is 0 Å². The van der Waals surface area contributed by atoms with Crippen molar-refractivity contribution in [2.45, 2.75) is 108 Å². The number of rotatable bonds is 10.